The Morgan fingerprint density at radius 2 is 2.04 bits per heavy atom. The molecule has 0 saturated carbocycles. The molecule has 1 aliphatic rings. The molecule has 1 aliphatic heterocycles. The molecule has 2 atom stereocenters. The average Bonchev–Trinajstić information content (AvgIpc) is 3.25. The van der Waals surface area contributed by atoms with Crippen LogP contribution in [0, 0.1) is 0 Å². The average molecular weight is 371 g/mol. The summed E-state index contributed by atoms with van der Waals surface area (Å²) >= 11 is 0. The van der Waals surface area contributed by atoms with Crippen molar-refractivity contribution in [3.05, 3.63) is 53.3 Å². The molecule has 1 aromatic carbocycles. The van der Waals surface area contributed by atoms with Gasteiger partial charge in [-0.15, -0.1) is 0 Å². The lowest BCUT2D eigenvalue weighted by Crippen LogP contribution is -2.37. The summed E-state index contributed by atoms with van der Waals surface area (Å²) in [5.74, 6) is -1.08. The van der Waals surface area contributed by atoms with E-state index in [0.29, 0.717) is 31.5 Å². The summed E-state index contributed by atoms with van der Waals surface area (Å²) in [7, 11) is 1.59. The van der Waals surface area contributed by atoms with Gasteiger partial charge in [-0.2, -0.15) is 5.10 Å². The summed E-state index contributed by atoms with van der Waals surface area (Å²) in [6, 6.07) is 9.60. The fraction of sp³-hybridized carbons (Fsp3) is 0.450. The molecule has 7 nitrogen and oxygen atoms in total. The Bertz CT molecular complexity index is 803. The maximum Gasteiger partial charge on any atom is 0.305 e. The van der Waals surface area contributed by atoms with E-state index in [9.17, 15) is 14.7 Å². The molecule has 1 amide bonds. The van der Waals surface area contributed by atoms with Gasteiger partial charge >= 0.3 is 5.97 Å². The van der Waals surface area contributed by atoms with E-state index in [1.807, 2.05) is 41.9 Å². The number of likely N-dealkylation sites (tertiary alicyclic amines) is 1. The third-order valence-electron chi connectivity index (χ3n) is 5.07. The Balaban J connectivity index is 1.84. The molecule has 2 heterocycles. The number of nitrogens with zero attached hydrogens (tertiary/aromatic N) is 3. The third-order valence-corrected chi connectivity index (χ3v) is 5.07. The second-order valence-electron chi connectivity index (χ2n) is 6.80. The predicted octanol–water partition coefficient (Wildman–Crippen LogP) is 2.20. The van der Waals surface area contributed by atoms with Crippen LogP contribution in [-0.4, -0.2) is 57.5 Å². The number of hydrogen-bond acceptors (Lipinski definition) is 4. The molecule has 1 saturated heterocycles. The van der Waals surface area contributed by atoms with E-state index in [4.69, 9.17) is 4.74 Å². The molecule has 0 aliphatic carbocycles. The molecule has 0 radical (unpaired) electrons. The van der Waals surface area contributed by atoms with Gasteiger partial charge in [0, 0.05) is 19.7 Å². The van der Waals surface area contributed by atoms with E-state index in [2.05, 4.69) is 5.10 Å². The van der Waals surface area contributed by atoms with Crippen molar-refractivity contribution in [3.63, 3.8) is 0 Å². The van der Waals surface area contributed by atoms with Gasteiger partial charge in [0.2, 0.25) is 0 Å². The van der Waals surface area contributed by atoms with Crippen LogP contribution in [-0.2, 0) is 22.5 Å². The summed E-state index contributed by atoms with van der Waals surface area (Å²) in [4.78, 5) is 26.0. The van der Waals surface area contributed by atoms with E-state index in [0.717, 1.165) is 11.3 Å². The van der Waals surface area contributed by atoms with Crippen LogP contribution in [0.5, 0.6) is 0 Å². The topological polar surface area (TPSA) is 84.7 Å². The Labute approximate surface area is 158 Å². The minimum Gasteiger partial charge on any atom is -0.481 e. The highest BCUT2D eigenvalue weighted by atomic mass is 16.5. The molecule has 1 fully saturated rings. The summed E-state index contributed by atoms with van der Waals surface area (Å²) in [5.41, 5.74) is 2.51. The van der Waals surface area contributed by atoms with Gasteiger partial charge in [0.15, 0.2) is 0 Å². The van der Waals surface area contributed by atoms with Crippen molar-refractivity contribution >= 4 is 11.9 Å². The van der Waals surface area contributed by atoms with Crippen LogP contribution in [0.25, 0.3) is 0 Å². The summed E-state index contributed by atoms with van der Waals surface area (Å²) in [5, 5.41) is 13.6. The maximum atomic E-state index is 13.2. The molecule has 1 N–H and O–H groups in total. The predicted molar refractivity (Wildman–Crippen MR) is 99.6 cm³/mol. The zero-order valence-corrected chi connectivity index (χ0v) is 15.7. The first-order valence-corrected chi connectivity index (χ1v) is 9.17. The van der Waals surface area contributed by atoms with Gasteiger partial charge in [-0.25, -0.2) is 0 Å². The molecule has 1 aromatic heterocycles. The monoisotopic (exact) mass is 371 g/mol. The van der Waals surface area contributed by atoms with Crippen LogP contribution < -0.4 is 0 Å². The van der Waals surface area contributed by atoms with Crippen molar-refractivity contribution in [1.29, 1.82) is 0 Å². The van der Waals surface area contributed by atoms with Crippen molar-refractivity contribution < 1.29 is 19.4 Å². The van der Waals surface area contributed by atoms with Crippen LogP contribution in [0.2, 0.25) is 0 Å². The SMILES string of the molecule is CCc1c(C(=O)N2CC(OC)CC2CC(=O)O)cnn1Cc1ccccc1. The highest BCUT2D eigenvalue weighted by molar-refractivity contribution is 5.95. The number of carbonyl (C=O) groups excluding carboxylic acids is 1. The van der Waals surface area contributed by atoms with E-state index in [1.54, 1.807) is 18.2 Å². The minimum absolute atomic E-state index is 0.0782. The van der Waals surface area contributed by atoms with E-state index in [1.165, 1.54) is 0 Å². The number of rotatable bonds is 7. The molecule has 7 heteroatoms. The lowest BCUT2D eigenvalue weighted by molar-refractivity contribution is -0.137. The number of benzene rings is 1. The fourth-order valence-corrected chi connectivity index (χ4v) is 3.70. The van der Waals surface area contributed by atoms with Crippen molar-refractivity contribution in [2.24, 2.45) is 0 Å². The van der Waals surface area contributed by atoms with Gasteiger partial charge in [0.05, 0.1) is 36.5 Å². The molecule has 0 bridgehead atoms. The Morgan fingerprint density at radius 3 is 2.67 bits per heavy atom. The quantitative estimate of drug-likeness (QED) is 0.807. The number of methoxy groups -OCH3 is 1. The third kappa shape index (κ3) is 4.19. The highest BCUT2D eigenvalue weighted by Crippen LogP contribution is 2.26. The van der Waals surface area contributed by atoms with Gasteiger partial charge in [-0.3, -0.25) is 14.3 Å². The smallest absolute Gasteiger partial charge is 0.305 e. The molecular weight excluding hydrogens is 346 g/mol. The molecule has 3 rings (SSSR count). The maximum absolute atomic E-state index is 13.2. The molecule has 27 heavy (non-hydrogen) atoms. The second kappa shape index (κ2) is 8.35. The van der Waals surface area contributed by atoms with E-state index < -0.39 is 5.97 Å². The Kier molecular flexibility index (Phi) is 5.91. The number of ether oxygens (including phenoxy) is 1. The highest BCUT2D eigenvalue weighted by Gasteiger charge is 2.38. The Morgan fingerprint density at radius 1 is 1.30 bits per heavy atom. The van der Waals surface area contributed by atoms with Crippen LogP contribution in [0.1, 0.15) is 41.4 Å². The molecular formula is C20H25N3O4. The van der Waals surface area contributed by atoms with Gasteiger partial charge in [0.1, 0.15) is 0 Å². The van der Waals surface area contributed by atoms with Gasteiger partial charge < -0.3 is 14.7 Å². The number of hydrogen-bond donors (Lipinski definition) is 1. The lowest BCUT2D eigenvalue weighted by atomic mass is 10.1. The van der Waals surface area contributed by atoms with Gasteiger partial charge in [-0.05, 0) is 18.4 Å². The lowest BCUT2D eigenvalue weighted by Gasteiger charge is -2.23. The zero-order chi connectivity index (χ0) is 19.4. The van der Waals surface area contributed by atoms with Gasteiger partial charge in [-0.1, -0.05) is 37.3 Å². The Hall–Kier alpha value is -2.67. The van der Waals surface area contributed by atoms with Gasteiger partial charge in [0.25, 0.3) is 5.91 Å². The van der Waals surface area contributed by atoms with Crippen molar-refractivity contribution in [2.45, 2.75) is 44.9 Å². The first-order chi connectivity index (χ1) is 13.0. The zero-order valence-electron chi connectivity index (χ0n) is 15.7. The fourth-order valence-electron chi connectivity index (χ4n) is 3.70. The van der Waals surface area contributed by atoms with E-state index >= 15 is 0 Å². The number of aromatic nitrogens is 2. The van der Waals surface area contributed by atoms with Crippen molar-refractivity contribution in [2.75, 3.05) is 13.7 Å². The number of aliphatic carboxylic acids is 1. The summed E-state index contributed by atoms with van der Waals surface area (Å²) < 4.78 is 7.22. The summed E-state index contributed by atoms with van der Waals surface area (Å²) in [6.45, 7) is 2.99. The minimum atomic E-state index is -0.912. The molecule has 2 unspecified atom stereocenters. The van der Waals surface area contributed by atoms with Crippen molar-refractivity contribution in [3.8, 4) is 0 Å². The second-order valence-corrected chi connectivity index (χ2v) is 6.80. The largest absolute Gasteiger partial charge is 0.481 e. The van der Waals surface area contributed by atoms with Crippen LogP contribution >= 0.6 is 0 Å². The first-order valence-electron chi connectivity index (χ1n) is 9.17. The number of carbonyl (C=O) groups is 2. The molecule has 0 spiro atoms. The van der Waals surface area contributed by atoms with Crippen LogP contribution in [0.4, 0.5) is 0 Å². The molecule has 144 valence electrons. The van der Waals surface area contributed by atoms with Crippen LogP contribution in [0.15, 0.2) is 36.5 Å². The van der Waals surface area contributed by atoms with E-state index in [-0.39, 0.29) is 24.5 Å². The summed E-state index contributed by atoms with van der Waals surface area (Å²) in [6.07, 6.45) is 2.59. The number of carboxylic acids is 1. The standard InChI is InChI=1S/C20H25N3O4/c1-3-18-17(11-21-23(18)12-14-7-5-4-6-8-14)20(26)22-13-16(27-2)9-15(22)10-19(24)25/h4-8,11,15-16H,3,9-10,12-13H2,1-2H3,(H,24,25). The number of amides is 1. The molecule has 2 aromatic rings. The van der Waals surface area contributed by atoms with Crippen molar-refractivity contribution in [1.82, 2.24) is 14.7 Å². The van der Waals surface area contributed by atoms with Crippen LogP contribution in [0.3, 0.4) is 0 Å². The normalized spacial score (nSPS) is 19.4. The number of carboxylic acid groups (broad SMARTS) is 1. The first kappa shape index (κ1) is 19.1.